The van der Waals surface area contributed by atoms with Crippen molar-refractivity contribution >= 4 is 21.8 Å². The zero-order valence-corrected chi connectivity index (χ0v) is 14.9. The van der Waals surface area contributed by atoms with Crippen molar-refractivity contribution in [2.45, 2.75) is 24.8 Å². The summed E-state index contributed by atoms with van der Waals surface area (Å²) >= 11 is 3.24. The molecule has 124 valence electrons. The molecule has 2 aromatic rings. The van der Waals surface area contributed by atoms with Gasteiger partial charge in [0.15, 0.2) is 0 Å². The van der Waals surface area contributed by atoms with Crippen LogP contribution >= 0.6 is 15.9 Å². The first kappa shape index (κ1) is 15.6. The average Bonchev–Trinajstić information content (AvgIpc) is 3.35. The minimum absolute atomic E-state index is 0.0928. The number of nitrogens with zero attached hydrogens (tertiary/aromatic N) is 1. The highest BCUT2D eigenvalue weighted by Gasteiger charge is 2.53. The number of benzene rings is 2. The maximum absolute atomic E-state index is 14.6. The van der Waals surface area contributed by atoms with Gasteiger partial charge >= 0.3 is 0 Å². The number of carbonyl (C=O) groups is 1. The van der Waals surface area contributed by atoms with Gasteiger partial charge in [0.05, 0.1) is 11.6 Å². The molecule has 1 fully saturated rings. The first-order chi connectivity index (χ1) is 11.5. The Morgan fingerprint density at radius 2 is 1.92 bits per heavy atom. The Morgan fingerprint density at radius 1 is 1.21 bits per heavy atom. The Balaban J connectivity index is 1.67. The number of amides is 1. The summed E-state index contributed by atoms with van der Waals surface area (Å²) in [5.74, 6) is 0.423. The van der Waals surface area contributed by atoms with Gasteiger partial charge in [0, 0.05) is 29.6 Å². The second-order valence-corrected chi connectivity index (χ2v) is 7.43. The van der Waals surface area contributed by atoms with E-state index in [4.69, 9.17) is 4.74 Å². The highest BCUT2D eigenvalue weighted by molar-refractivity contribution is 9.10. The topological polar surface area (TPSA) is 29.5 Å². The van der Waals surface area contributed by atoms with Crippen LogP contribution in [-0.4, -0.2) is 24.5 Å². The Bertz CT molecular complexity index is 815. The monoisotopic (exact) mass is 389 g/mol. The fraction of sp³-hybridized carbons (Fsp3) is 0.316. The van der Waals surface area contributed by atoms with E-state index in [9.17, 15) is 9.18 Å². The number of fused-ring (bicyclic) bond motifs is 2. The molecule has 1 heterocycles. The predicted molar refractivity (Wildman–Crippen MR) is 92.7 cm³/mol. The van der Waals surface area contributed by atoms with Crippen molar-refractivity contribution in [1.29, 1.82) is 0 Å². The summed E-state index contributed by atoms with van der Waals surface area (Å²) in [6, 6.07) is 11.1. The van der Waals surface area contributed by atoms with Gasteiger partial charge in [0.25, 0.3) is 5.91 Å². The van der Waals surface area contributed by atoms with Crippen LogP contribution in [0.3, 0.4) is 0 Å². The quantitative estimate of drug-likeness (QED) is 0.783. The molecule has 0 atom stereocenters. The first-order valence-electron chi connectivity index (χ1n) is 7.95. The molecule has 0 bridgehead atoms. The molecule has 0 radical (unpaired) electrons. The highest BCUT2D eigenvalue weighted by Crippen LogP contribution is 2.54. The van der Waals surface area contributed by atoms with Gasteiger partial charge in [-0.15, -0.1) is 0 Å². The van der Waals surface area contributed by atoms with Crippen molar-refractivity contribution in [2.24, 2.45) is 0 Å². The van der Waals surface area contributed by atoms with E-state index in [1.165, 1.54) is 0 Å². The minimum atomic E-state index is -0.276. The molecular weight excluding hydrogens is 373 g/mol. The first-order valence-corrected chi connectivity index (χ1v) is 8.74. The number of methoxy groups -OCH3 is 1. The average molecular weight is 390 g/mol. The minimum Gasteiger partial charge on any atom is -0.497 e. The lowest BCUT2D eigenvalue weighted by Crippen LogP contribution is -2.43. The number of hydrogen-bond donors (Lipinski definition) is 0. The number of hydrogen-bond acceptors (Lipinski definition) is 2. The van der Waals surface area contributed by atoms with Crippen LogP contribution in [0.25, 0.3) is 0 Å². The van der Waals surface area contributed by atoms with Gasteiger partial charge in [-0.1, -0.05) is 12.1 Å². The zero-order valence-electron chi connectivity index (χ0n) is 13.3. The van der Waals surface area contributed by atoms with Crippen LogP contribution in [0.1, 0.15) is 34.3 Å². The number of ether oxygens (including phenoxy) is 1. The normalized spacial score (nSPS) is 17.8. The van der Waals surface area contributed by atoms with Crippen LogP contribution in [0.4, 0.5) is 4.39 Å². The van der Waals surface area contributed by atoms with Gasteiger partial charge in [-0.25, -0.2) is 4.39 Å². The molecule has 2 aromatic carbocycles. The summed E-state index contributed by atoms with van der Waals surface area (Å²) in [6.45, 7) is 1.11. The molecular formula is C19H17BrFNO2. The third-order valence-corrected chi connectivity index (χ3v) is 5.63. The van der Waals surface area contributed by atoms with Crippen LogP contribution in [-0.2, 0) is 12.0 Å². The molecule has 1 aliphatic heterocycles. The van der Waals surface area contributed by atoms with E-state index in [1.807, 2.05) is 29.2 Å². The maximum atomic E-state index is 14.6. The van der Waals surface area contributed by atoms with E-state index >= 15 is 0 Å². The summed E-state index contributed by atoms with van der Waals surface area (Å²) in [5.41, 5.74) is 1.95. The molecule has 24 heavy (non-hydrogen) atoms. The molecule has 0 saturated heterocycles. The molecule has 0 aromatic heterocycles. The van der Waals surface area contributed by atoms with Crippen LogP contribution in [0.5, 0.6) is 5.75 Å². The van der Waals surface area contributed by atoms with Crippen LogP contribution in [0, 0.1) is 5.82 Å². The molecule has 1 aliphatic carbocycles. The van der Waals surface area contributed by atoms with E-state index in [-0.39, 0.29) is 17.1 Å². The molecule has 5 heteroatoms. The summed E-state index contributed by atoms with van der Waals surface area (Å²) in [4.78, 5) is 14.7. The molecule has 2 aliphatic rings. The van der Waals surface area contributed by atoms with E-state index in [2.05, 4.69) is 15.9 Å². The lowest BCUT2D eigenvalue weighted by atomic mass is 9.86. The Labute approximate surface area is 148 Å². The summed E-state index contributed by atoms with van der Waals surface area (Å²) in [7, 11) is 1.63. The van der Waals surface area contributed by atoms with Crippen LogP contribution < -0.4 is 4.74 Å². The number of halogens is 2. The van der Waals surface area contributed by atoms with Crippen molar-refractivity contribution in [1.82, 2.24) is 4.90 Å². The third-order valence-electron chi connectivity index (χ3n) is 5.02. The number of carbonyl (C=O) groups excluding carboxylic acids is 1. The zero-order chi connectivity index (χ0) is 16.9. The molecule has 4 rings (SSSR count). The second-order valence-electron chi connectivity index (χ2n) is 6.57. The van der Waals surface area contributed by atoms with E-state index < -0.39 is 0 Å². The lowest BCUT2D eigenvalue weighted by Gasteiger charge is -2.35. The molecule has 1 spiro atoms. The van der Waals surface area contributed by atoms with Gasteiger partial charge in [-0.3, -0.25) is 4.79 Å². The lowest BCUT2D eigenvalue weighted by molar-refractivity contribution is 0.0695. The van der Waals surface area contributed by atoms with Gasteiger partial charge in [-0.2, -0.15) is 0 Å². The van der Waals surface area contributed by atoms with Crippen LogP contribution in [0.2, 0.25) is 0 Å². The van der Waals surface area contributed by atoms with Crippen molar-refractivity contribution in [3.63, 3.8) is 0 Å². The van der Waals surface area contributed by atoms with Gasteiger partial charge in [-0.05, 0) is 58.6 Å². The Kier molecular flexibility index (Phi) is 3.64. The van der Waals surface area contributed by atoms with E-state index in [0.29, 0.717) is 28.7 Å². The van der Waals surface area contributed by atoms with Crippen molar-refractivity contribution in [3.8, 4) is 5.75 Å². The summed E-state index contributed by atoms with van der Waals surface area (Å²) < 4.78 is 20.2. The smallest absolute Gasteiger partial charge is 0.254 e. The van der Waals surface area contributed by atoms with E-state index in [1.54, 1.807) is 19.2 Å². The second kappa shape index (κ2) is 5.59. The fourth-order valence-electron chi connectivity index (χ4n) is 3.57. The van der Waals surface area contributed by atoms with Gasteiger partial charge in [0.1, 0.15) is 11.6 Å². The largest absolute Gasteiger partial charge is 0.497 e. The molecule has 1 saturated carbocycles. The molecule has 0 unspecified atom stereocenters. The molecule has 0 N–H and O–H groups in total. The van der Waals surface area contributed by atoms with Crippen molar-refractivity contribution < 1.29 is 13.9 Å². The Morgan fingerprint density at radius 3 is 2.54 bits per heavy atom. The summed E-state index contributed by atoms with van der Waals surface area (Å²) in [6.07, 6.45) is 1.86. The molecule has 1 amide bonds. The van der Waals surface area contributed by atoms with Gasteiger partial charge in [0.2, 0.25) is 0 Å². The maximum Gasteiger partial charge on any atom is 0.254 e. The third kappa shape index (κ3) is 2.42. The van der Waals surface area contributed by atoms with E-state index in [0.717, 1.165) is 24.2 Å². The summed E-state index contributed by atoms with van der Waals surface area (Å²) in [5, 5.41) is 0. The predicted octanol–water partition coefficient (Wildman–Crippen LogP) is 4.28. The Hall–Kier alpha value is -1.88. The van der Waals surface area contributed by atoms with Crippen molar-refractivity contribution in [2.75, 3.05) is 13.7 Å². The fourth-order valence-corrected chi connectivity index (χ4v) is 3.90. The van der Waals surface area contributed by atoms with Crippen LogP contribution in [0.15, 0.2) is 40.9 Å². The van der Waals surface area contributed by atoms with Gasteiger partial charge < -0.3 is 9.64 Å². The number of rotatable bonds is 3. The highest BCUT2D eigenvalue weighted by atomic mass is 79.9. The SMILES string of the molecule is COc1ccc(CN2CC3(CC3)c3c(ccc(Br)c3F)C2=O)cc1. The molecule has 3 nitrogen and oxygen atoms in total. The van der Waals surface area contributed by atoms with Crippen molar-refractivity contribution in [3.05, 3.63) is 63.4 Å². The standard InChI is InChI=1S/C19H17BrFNO2/c1-24-13-4-2-12(3-5-13)10-22-11-19(8-9-19)16-14(18(22)23)6-7-15(20)17(16)21/h2-7H,8-11H2,1H3.